The summed E-state index contributed by atoms with van der Waals surface area (Å²) in [7, 11) is 1.65. The van der Waals surface area contributed by atoms with E-state index in [9.17, 15) is 10.4 Å². The normalized spacial score (nSPS) is 28.1. The van der Waals surface area contributed by atoms with Gasteiger partial charge in [-0.25, -0.2) is 0 Å². The summed E-state index contributed by atoms with van der Waals surface area (Å²) < 4.78 is 17.7. The second-order valence-electron chi connectivity index (χ2n) is 9.72. The predicted octanol–water partition coefficient (Wildman–Crippen LogP) is 3.23. The molecule has 3 atom stereocenters. The summed E-state index contributed by atoms with van der Waals surface area (Å²) in [6.45, 7) is 8.17. The highest BCUT2D eigenvalue weighted by atomic mass is 16.5. The van der Waals surface area contributed by atoms with Gasteiger partial charge < -0.3 is 19.3 Å². The summed E-state index contributed by atoms with van der Waals surface area (Å²) in [6, 6.07) is 6.66. The van der Waals surface area contributed by atoms with Crippen molar-refractivity contribution in [1.29, 1.82) is 5.26 Å². The summed E-state index contributed by atoms with van der Waals surface area (Å²) in [5, 5.41) is 20.0. The van der Waals surface area contributed by atoms with Gasteiger partial charge in [0.15, 0.2) is 11.5 Å². The molecule has 0 radical (unpaired) electrons. The van der Waals surface area contributed by atoms with Gasteiger partial charge in [0.2, 0.25) is 0 Å². The molecule has 1 N–H and O–H groups in total. The van der Waals surface area contributed by atoms with Crippen LogP contribution in [-0.2, 0) is 11.2 Å². The maximum Gasteiger partial charge on any atom is 0.161 e. The van der Waals surface area contributed by atoms with Gasteiger partial charge in [0, 0.05) is 19.1 Å². The van der Waals surface area contributed by atoms with Gasteiger partial charge >= 0.3 is 0 Å². The fourth-order valence-corrected chi connectivity index (χ4v) is 4.49. The summed E-state index contributed by atoms with van der Waals surface area (Å²) in [5.41, 5.74) is 1.86. The molecule has 1 aromatic carbocycles. The third kappa shape index (κ3) is 4.23. The number of benzene rings is 1. The first-order chi connectivity index (χ1) is 13.7. The van der Waals surface area contributed by atoms with E-state index >= 15 is 0 Å². The predicted molar refractivity (Wildman–Crippen MR) is 109 cm³/mol. The van der Waals surface area contributed by atoms with E-state index in [0.717, 1.165) is 32.4 Å². The van der Waals surface area contributed by atoms with Crippen molar-refractivity contribution >= 4 is 0 Å². The molecule has 0 aromatic heterocycles. The van der Waals surface area contributed by atoms with E-state index < -0.39 is 6.10 Å². The maximum absolute atomic E-state index is 10.7. The maximum atomic E-state index is 10.7. The molecular formula is C23H32N2O4. The molecule has 2 heterocycles. The Morgan fingerprint density at radius 2 is 2.03 bits per heavy atom. The van der Waals surface area contributed by atoms with E-state index in [1.54, 1.807) is 7.11 Å². The van der Waals surface area contributed by atoms with Crippen LogP contribution in [0.5, 0.6) is 11.5 Å². The lowest BCUT2D eigenvalue weighted by Gasteiger charge is -2.46. The third-order valence-electron chi connectivity index (χ3n) is 6.30. The molecule has 0 amide bonds. The molecule has 158 valence electrons. The highest BCUT2D eigenvalue weighted by Crippen LogP contribution is 2.47. The summed E-state index contributed by atoms with van der Waals surface area (Å²) >= 11 is 0. The number of piperidine rings is 1. The van der Waals surface area contributed by atoms with Gasteiger partial charge in [-0.05, 0) is 69.7 Å². The van der Waals surface area contributed by atoms with Crippen molar-refractivity contribution in [2.24, 2.45) is 5.41 Å². The van der Waals surface area contributed by atoms with Crippen LogP contribution in [0.4, 0.5) is 0 Å². The van der Waals surface area contributed by atoms with E-state index in [1.165, 1.54) is 11.1 Å². The van der Waals surface area contributed by atoms with Gasteiger partial charge in [0.25, 0.3) is 0 Å². The Morgan fingerprint density at radius 1 is 1.28 bits per heavy atom. The molecule has 2 fully saturated rings. The number of aliphatic hydroxyl groups excluding tert-OH is 1. The minimum atomic E-state index is -0.492. The van der Waals surface area contributed by atoms with Crippen LogP contribution in [0.15, 0.2) is 12.1 Å². The molecule has 0 unspecified atom stereocenters. The third-order valence-corrected chi connectivity index (χ3v) is 6.30. The van der Waals surface area contributed by atoms with Gasteiger partial charge in [0.1, 0.15) is 6.61 Å². The highest BCUT2D eigenvalue weighted by Gasteiger charge is 2.45. The average Bonchev–Trinajstić information content (AvgIpc) is 3.46. The first-order valence-electron chi connectivity index (χ1n) is 10.6. The van der Waals surface area contributed by atoms with E-state index in [0.29, 0.717) is 24.5 Å². The second-order valence-corrected chi connectivity index (χ2v) is 9.72. The van der Waals surface area contributed by atoms with Crippen LogP contribution in [0.25, 0.3) is 0 Å². The van der Waals surface area contributed by atoms with Crippen molar-refractivity contribution in [2.75, 3.05) is 26.8 Å². The fraction of sp³-hybridized carbons (Fsp3) is 0.696. The number of methoxy groups -OCH3 is 1. The SMILES string of the molecule is COc1cc2c(cc1OCC1(C#N)CC1)CCN1C[C@@H](OC(C)(C)C)[C@H](O)C[C@H]21. The molecule has 2 aliphatic heterocycles. The van der Waals surface area contributed by atoms with Crippen molar-refractivity contribution in [3.8, 4) is 17.6 Å². The summed E-state index contributed by atoms with van der Waals surface area (Å²) in [4.78, 5) is 2.42. The molecule has 6 nitrogen and oxygen atoms in total. The van der Waals surface area contributed by atoms with E-state index in [1.807, 2.05) is 20.8 Å². The van der Waals surface area contributed by atoms with Gasteiger partial charge in [0.05, 0.1) is 36.4 Å². The first kappa shape index (κ1) is 20.5. The molecule has 3 aliphatic rings. The Hall–Kier alpha value is -1.81. The van der Waals surface area contributed by atoms with Gasteiger partial charge in [-0.15, -0.1) is 0 Å². The van der Waals surface area contributed by atoms with Gasteiger partial charge in [-0.1, -0.05) is 0 Å². The largest absolute Gasteiger partial charge is 0.493 e. The molecule has 4 rings (SSSR count). The monoisotopic (exact) mass is 400 g/mol. The van der Waals surface area contributed by atoms with Crippen LogP contribution in [0.3, 0.4) is 0 Å². The number of ether oxygens (including phenoxy) is 3. The molecule has 0 spiro atoms. The van der Waals surface area contributed by atoms with Crippen LogP contribution in [0.1, 0.15) is 57.2 Å². The van der Waals surface area contributed by atoms with Crippen LogP contribution < -0.4 is 9.47 Å². The molecule has 0 bridgehead atoms. The first-order valence-corrected chi connectivity index (χ1v) is 10.6. The van der Waals surface area contributed by atoms with E-state index in [-0.39, 0.29) is 23.2 Å². The highest BCUT2D eigenvalue weighted by molar-refractivity contribution is 5.50. The average molecular weight is 401 g/mol. The van der Waals surface area contributed by atoms with Crippen molar-refractivity contribution < 1.29 is 19.3 Å². The zero-order valence-electron chi connectivity index (χ0n) is 17.9. The molecule has 29 heavy (non-hydrogen) atoms. The lowest BCUT2D eigenvalue weighted by Crippen LogP contribution is -2.53. The number of hydrogen-bond donors (Lipinski definition) is 1. The Balaban J connectivity index is 1.54. The molecule has 1 aromatic rings. The summed E-state index contributed by atoms with van der Waals surface area (Å²) in [5.74, 6) is 1.41. The van der Waals surface area contributed by atoms with Crippen molar-refractivity contribution in [2.45, 2.75) is 70.3 Å². The lowest BCUT2D eigenvalue weighted by molar-refractivity contribution is -0.149. The summed E-state index contributed by atoms with van der Waals surface area (Å²) in [6.07, 6.45) is 2.72. The molecule has 1 saturated carbocycles. The standard InChI is InChI=1S/C23H32N2O4/c1-22(2,3)29-21-12-25-8-5-15-9-20(28-14-23(13-24)6-7-23)19(27-4)10-16(15)17(25)11-18(21)26/h9-10,17-18,21,26H,5-8,11-12,14H2,1-4H3/t17-,18-,21-/m1/s1. The van der Waals surface area contributed by atoms with E-state index in [2.05, 4.69) is 23.1 Å². The van der Waals surface area contributed by atoms with Crippen LogP contribution in [0, 0.1) is 16.7 Å². The fourth-order valence-electron chi connectivity index (χ4n) is 4.49. The second kappa shape index (κ2) is 7.46. The quantitative estimate of drug-likeness (QED) is 0.818. The number of aliphatic hydroxyl groups is 1. The minimum Gasteiger partial charge on any atom is -0.493 e. The van der Waals surface area contributed by atoms with Crippen molar-refractivity contribution in [3.05, 3.63) is 23.3 Å². The number of fused-ring (bicyclic) bond motifs is 3. The molecule has 1 saturated heterocycles. The Bertz CT molecular complexity index is 806. The molecular weight excluding hydrogens is 368 g/mol. The van der Waals surface area contributed by atoms with Crippen LogP contribution in [-0.4, -0.2) is 54.6 Å². The smallest absolute Gasteiger partial charge is 0.161 e. The Labute approximate surface area is 173 Å². The Morgan fingerprint density at radius 3 is 2.66 bits per heavy atom. The molecule has 1 aliphatic carbocycles. The minimum absolute atomic E-state index is 0.158. The number of nitrogens with zero attached hydrogens (tertiary/aromatic N) is 2. The molecule has 6 heteroatoms. The van der Waals surface area contributed by atoms with Crippen LogP contribution in [0.2, 0.25) is 0 Å². The number of nitriles is 1. The lowest BCUT2D eigenvalue weighted by atomic mass is 9.84. The zero-order valence-corrected chi connectivity index (χ0v) is 17.9. The van der Waals surface area contributed by atoms with Crippen molar-refractivity contribution in [1.82, 2.24) is 4.90 Å². The number of rotatable bonds is 5. The van der Waals surface area contributed by atoms with Crippen molar-refractivity contribution in [3.63, 3.8) is 0 Å². The topological polar surface area (TPSA) is 75.0 Å². The number of hydrogen-bond acceptors (Lipinski definition) is 6. The van der Waals surface area contributed by atoms with E-state index in [4.69, 9.17) is 14.2 Å². The zero-order chi connectivity index (χ0) is 20.8. The Kier molecular flexibility index (Phi) is 5.27. The van der Waals surface area contributed by atoms with Gasteiger partial charge in [-0.3, -0.25) is 4.90 Å². The van der Waals surface area contributed by atoms with Crippen LogP contribution >= 0.6 is 0 Å². The van der Waals surface area contributed by atoms with Gasteiger partial charge in [-0.2, -0.15) is 5.26 Å².